The molecule has 1 saturated heterocycles. The first-order valence-electron chi connectivity index (χ1n) is 10.3. The molecule has 0 saturated carbocycles. The molecule has 1 fully saturated rings. The third kappa shape index (κ3) is 5.78. The van der Waals surface area contributed by atoms with Crippen LogP contribution in [0.25, 0.3) is 10.9 Å². The van der Waals surface area contributed by atoms with Gasteiger partial charge in [-0.1, -0.05) is 18.2 Å². The number of halogens is 3. The van der Waals surface area contributed by atoms with Crippen molar-refractivity contribution in [3.8, 4) is 5.75 Å². The number of nitrogens with zero attached hydrogens (tertiary/aromatic N) is 3. The fourth-order valence-electron chi connectivity index (χ4n) is 3.71. The number of amides is 2. The summed E-state index contributed by atoms with van der Waals surface area (Å²) >= 11 is 0. The second kappa shape index (κ2) is 9.45. The minimum atomic E-state index is -4.77. The van der Waals surface area contributed by atoms with Crippen LogP contribution >= 0.6 is 0 Å². The van der Waals surface area contributed by atoms with Crippen molar-refractivity contribution in [3.05, 3.63) is 66.4 Å². The Bertz CT molecular complexity index is 1140. The maximum Gasteiger partial charge on any atom is 0.573 e. The first-order valence-corrected chi connectivity index (χ1v) is 10.3. The van der Waals surface area contributed by atoms with E-state index in [1.165, 1.54) is 12.1 Å². The Kier molecular flexibility index (Phi) is 6.45. The summed E-state index contributed by atoms with van der Waals surface area (Å²) in [5.74, 6) is -0.721. The minimum Gasteiger partial charge on any atom is -0.406 e. The van der Waals surface area contributed by atoms with E-state index in [2.05, 4.69) is 15.0 Å². The van der Waals surface area contributed by atoms with E-state index in [0.29, 0.717) is 37.4 Å². The van der Waals surface area contributed by atoms with Crippen LogP contribution in [-0.4, -0.2) is 65.7 Å². The molecule has 0 aliphatic carbocycles. The molecule has 3 aromatic rings. The molecule has 0 atom stereocenters. The van der Waals surface area contributed by atoms with Crippen molar-refractivity contribution in [2.75, 3.05) is 38.0 Å². The Labute approximate surface area is 187 Å². The number of anilines is 1. The summed E-state index contributed by atoms with van der Waals surface area (Å²) in [6.07, 6.45) is -3.14. The lowest BCUT2D eigenvalue weighted by molar-refractivity contribution is -0.274. The number of hydrogen-bond donors (Lipinski definition) is 1. The largest absolute Gasteiger partial charge is 0.573 e. The predicted octanol–water partition coefficient (Wildman–Crippen LogP) is 3.53. The average molecular weight is 458 g/mol. The number of aromatic nitrogens is 1. The van der Waals surface area contributed by atoms with Crippen LogP contribution in [0.1, 0.15) is 10.4 Å². The monoisotopic (exact) mass is 458 g/mol. The van der Waals surface area contributed by atoms with Gasteiger partial charge in [-0.25, -0.2) is 0 Å². The molecule has 7 nitrogen and oxygen atoms in total. The molecule has 1 N–H and O–H groups in total. The van der Waals surface area contributed by atoms with Crippen LogP contribution in [0, 0.1) is 0 Å². The summed E-state index contributed by atoms with van der Waals surface area (Å²) in [4.78, 5) is 33.3. The fraction of sp³-hybridized carbons (Fsp3) is 0.261. The van der Waals surface area contributed by atoms with Crippen LogP contribution < -0.4 is 10.1 Å². The van der Waals surface area contributed by atoms with E-state index >= 15 is 0 Å². The molecule has 10 heteroatoms. The van der Waals surface area contributed by atoms with Gasteiger partial charge in [-0.05, 0) is 36.4 Å². The van der Waals surface area contributed by atoms with E-state index in [4.69, 9.17) is 0 Å². The van der Waals surface area contributed by atoms with Gasteiger partial charge in [0.1, 0.15) is 5.75 Å². The molecule has 0 bridgehead atoms. The molecular weight excluding hydrogens is 437 g/mol. The van der Waals surface area contributed by atoms with Crippen molar-refractivity contribution in [1.82, 2.24) is 14.8 Å². The smallest absolute Gasteiger partial charge is 0.406 e. The van der Waals surface area contributed by atoms with E-state index in [1.807, 2.05) is 29.2 Å². The molecule has 1 aliphatic heterocycles. The number of ether oxygens (including phenoxy) is 1. The Morgan fingerprint density at radius 3 is 2.36 bits per heavy atom. The Balaban J connectivity index is 1.28. The number of pyridine rings is 1. The van der Waals surface area contributed by atoms with Crippen molar-refractivity contribution >= 4 is 28.4 Å². The fourth-order valence-corrected chi connectivity index (χ4v) is 3.71. The van der Waals surface area contributed by atoms with Gasteiger partial charge in [0.15, 0.2) is 0 Å². The third-order valence-electron chi connectivity index (χ3n) is 5.28. The normalized spacial score (nSPS) is 14.8. The maximum atomic E-state index is 13.0. The van der Waals surface area contributed by atoms with Crippen molar-refractivity contribution in [1.29, 1.82) is 0 Å². The Hall–Kier alpha value is -3.66. The molecular formula is C23H21F3N4O3. The second-order valence-electron chi connectivity index (χ2n) is 7.56. The number of nitrogens with one attached hydrogen (secondary N) is 1. The first-order chi connectivity index (χ1) is 15.8. The summed E-state index contributed by atoms with van der Waals surface area (Å²) in [6, 6.07) is 14.1. The van der Waals surface area contributed by atoms with Gasteiger partial charge >= 0.3 is 6.36 Å². The molecule has 0 spiro atoms. The summed E-state index contributed by atoms with van der Waals surface area (Å²) in [6.45, 7) is 2.13. The number of fused-ring (bicyclic) bond motifs is 1. The highest BCUT2D eigenvalue weighted by atomic mass is 19.4. The maximum absolute atomic E-state index is 13.0. The van der Waals surface area contributed by atoms with Gasteiger partial charge in [-0.2, -0.15) is 0 Å². The van der Waals surface area contributed by atoms with E-state index < -0.39 is 6.36 Å². The van der Waals surface area contributed by atoms with Crippen LogP contribution in [0.3, 0.4) is 0 Å². The van der Waals surface area contributed by atoms with Crippen LogP contribution in [0.15, 0.2) is 60.8 Å². The summed E-state index contributed by atoms with van der Waals surface area (Å²) in [5, 5.41) is 3.46. The van der Waals surface area contributed by atoms with Crippen molar-refractivity contribution < 1.29 is 27.5 Å². The molecule has 1 aliphatic rings. The van der Waals surface area contributed by atoms with E-state index in [0.717, 1.165) is 23.0 Å². The summed E-state index contributed by atoms with van der Waals surface area (Å²) in [5.41, 5.74) is 1.73. The lowest BCUT2D eigenvalue weighted by atomic mass is 10.1. The number of carbonyl (C=O) groups is 2. The van der Waals surface area contributed by atoms with Gasteiger partial charge in [0.2, 0.25) is 5.91 Å². The van der Waals surface area contributed by atoms with Gasteiger partial charge in [0, 0.05) is 43.4 Å². The molecule has 0 unspecified atom stereocenters. The topological polar surface area (TPSA) is 74.8 Å². The van der Waals surface area contributed by atoms with Crippen molar-refractivity contribution in [2.24, 2.45) is 0 Å². The van der Waals surface area contributed by atoms with Crippen LogP contribution in [0.5, 0.6) is 5.75 Å². The number of para-hydroxylation sites is 1. The number of hydrogen-bond acceptors (Lipinski definition) is 5. The zero-order chi connectivity index (χ0) is 23.4. The number of benzene rings is 2. The molecule has 0 radical (unpaired) electrons. The zero-order valence-electron chi connectivity index (χ0n) is 17.5. The molecule has 2 heterocycles. The summed E-state index contributed by atoms with van der Waals surface area (Å²) < 4.78 is 40.5. The second-order valence-corrected chi connectivity index (χ2v) is 7.56. The number of piperazine rings is 1. The number of alkyl halides is 3. The van der Waals surface area contributed by atoms with Gasteiger partial charge < -0.3 is 15.0 Å². The SMILES string of the molecule is O=C(CN1CCN(C(=O)c2ccnc3ccccc23)CC1)Nc1ccc(OC(F)(F)F)cc1. The Morgan fingerprint density at radius 1 is 0.970 bits per heavy atom. The minimum absolute atomic E-state index is 0.0705. The number of rotatable bonds is 5. The van der Waals surface area contributed by atoms with Gasteiger partial charge in [0.05, 0.1) is 17.6 Å². The van der Waals surface area contributed by atoms with Gasteiger partial charge in [-0.3, -0.25) is 19.5 Å². The molecule has 1 aromatic heterocycles. The lowest BCUT2D eigenvalue weighted by Crippen LogP contribution is -2.50. The van der Waals surface area contributed by atoms with E-state index in [-0.39, 0.29) is 24.1 Å². The summed E-state index contributed by atoms with van der Waals surface area (Å²) in [7, 11) is 0. The van der Waals surface area contributed by atoms with Crippen molar-refractivity contribution in [2.45, 2.75) is 6.36 Å². The first kappa shape index (κ1) is 22.5. The molecule has 4 rings (SSSR count). The quantitative estimate of drug-likeness (QED) is 0.633. The van der Waals surface area contributed by atoms with Crippen LogP contribution in [0.4, 0.5) is 18.9 Å². The third-order valence-corrected chi connectivity index (χ3v) is 5.28. The average Bonchev–Trinajstić information content (AvgIpc) is 2.79. The molecule has 33 heavy (non-hydrogen) atoms. The van der Waals surface area contributed by atoms with E-state index in [9.17, 15) is 22.8 Å². The van der Waals surface area contributed by atoms with Gasteiger partial charge in [-0.15, -0.1) is 13.2 Å². The van der Waals surface area contributed by atoms with E-state index in [1.54, 1.807) is 17.2 Å². The zero-order valence-corrected chi connectivity index (χ0v) is 17.5. The molecule has 2 aromatic carbocycles. The van der Waals surface area contributed by atoms with Crippen LogP contribution in [-0.2, 0) is 4.79 Å². The highest BCUT2D eigenvalue weighted by Gasteiger charge is 2.31. The highest BCUT2D eigenvalue weighted by molar-refractivity contribution is 6.06. The van der Waals surface area contributed by atoms with Crippen molar-refractivity contribution in [3.63, 3.8) is 0 Å². The molecule has 172 valence electrons. The van der Waals surface area contributed by atoms with Gasteiger partial charge in [0.25, 0.3) is 5.91 Å². The standard InChI is InChI=1S/C23H21F3N4O3/c24-23(25,26)33-17-7-5-16(6-8-17)28-21(31)15-29-11-13-30(14-12-29)22(32)19-9-10-27-20-4-2-1-3-18(19)20/h1-10H,11-15H2,(H,28,31). The predicted molar refractivity (Wildman–Crippen MR) is 116 cm³/mol. The van der Waals surface area contributed by atoms with Crippen LogP contribution in [0.2, 0.25) is 0 Å². The Morgan fingerprint density at radius 2 is 1.67 bits per heavy atom. The molecule has 2 amide bonds. The highest BCUT2D eigenvalue weighted by Crippen LogP contribution is 2.24. The lowest BCUT2D eigenvalue weighted by Gasteiger charge is -2.34. The number of carbonyl (C=O) groups excluding carboxylic acids is 2.